The van der Waals surface area contributed by atoms with E-state index in [9.17, 15) is 4.79 Å². The van der Waals surface area contributed by atoms with Gasteiger partial charge in [-0.2, -0.15) is 0 Å². The summed E-state index contributed by atoms with van der Waals surface area (Å²) >= 11 is 11.0. The fraction of sp³-hybridized carbons (Fsp3) is 0.133. The summed E-state index contributed by atoms with van der Waals surface area (Å²) in [5, 5.41) is 0.632. The van der Waals surface area contributed by atoms with E-state index in [-0.39, 0.29) is 5.78 Å². The van der Waals surface area contributed by atoms with Crippen LogP contribution in [0.2, 0.25) is 5.02 Å². The van der Waals surface area contributed by atoms with Gasteiger partial charge in [0, 0.05) is 20.8 Å². The first-order valence-electron chi connectivity index (χ1n) is 5.78. The largest absolute Gasteiger partial charge is 0.298 e. The lowest BCUT2D eigenvalue weighted by Gasteiger charge is -2.04. The van der Waals surface area contributed by atoms with E-state index in [0.717, 1.165) is 14.9 Å². The summed E-state index contributed by atoms with van der Waals surface area (Å²) < 4.78 is 0.923. The van der Waals surface area contributed by atoms with Crippen LogP contribution in [0.1, 0.15) is 5.56 Å². The van der Waals surface area contributed by atoms with Gasteiger partial charge in [0.15, 0.2) is 0 Å². The van der Waals surface area contributed by atoms with Crippen LogP contribution in [0.15, 0.2) is 57.9 Å². The average Bonchev–Trinajstić information content (AvgIpc) is 2.41. The van der Waals surface area contributed by atoms with Crippen molar-refractivity contribution in [2.75, 3.05) is 5.75 Å². The van der Waals surface area contributed by atoms with Crippen LogP contribution in [0.4, 0.5) is 0 Å². The summed E-state index contributed by atoms with van der Waals surface area (Å²) in [4.78, 5) is 13.0. The Hall–Kier alpha value is -0.770. The Labute approximate surface area is 130 Å². The van der Waals surface area contributed by atoms with E-state index in [2.05, 4.69) is 15.9 Å². The molecule has 19 heavy (non-hydrogen) atoms. The van der Waals surface area contributed by atoms with Gasteiger partial charge < -0.3 is 0 Å². The van der Waals surface area contributed by atoms with Crippen LogP contribution in [0.5, 0.6) is 0 Å². The van der Waals surface area contributed by atoms with E-state index in [1.54, 1.807) is 11.8 Å². The molecule has 0 aromatic heterocycles. The minimum atomic E-state index is 0.179. The highest BCUT2D eigenvalue weighted by Crippen LogP contribution is 2.23. The van der Waals surface area contributed by atoms with E-state index in [1.165, 1.54) is 0 Å². The summed E-state index contributed by atoms with van der Waals surface area (Å²) in [7, 11) is 0. The maximum absolute atomic E-state index is 11.9. The molecule has 0 N–H and O–H groups in total. The number of rotatable bonds is 5. The van der Waals surface area contributed by atoms with Gasteiger partial charge in [-0.15, -0.1) is 11.8 Å². The van der Waals surface area contributed by atoms with Gasteiger partial charge in [-0.05, 0) is 29.8 Å². The maximum atomic E-state index is 11.9. The Morgan fingerprint density at radius 3 is 2.58 bits per heavy atom. The fourth-order valence-electron chi connectivity index (χ4n) is 1.61. The van der Waals surface area contributed by atoms with Crippen molar-refractivity contribution in [3.63, 3.8) is 0 Å². The Morgan fingerprint density at radius 1 is 1.16 bits per heavy atom. The van der Waals surface area contributed by atoms with Crippen LogP contribution in [-0.4, -0.2) is 11.5 Å². The predicted molar refractivity (Wildman–Crippen MR) is 85.0 cm³/mol. The Morgan fingerprint density at radius 2 is 1.89 bits per heavy atom. The van der Waals surface area contributed by atoms with E-state index in [4.69, 9.17) is 11.6 Å². The number of ketones is 1. The molecule has 0 fully saturated rings. The van der Waals surface area contributed by atoms with Crippen LogP contribution in [0.25, 0.3) is 0 Å². The number of hydrogen-bond donors (Lipinski definition) is 0. The van der Waals surface area contributed by atoms with Crippen molar-refractivity contribution >= 4 is 45.1 Å². The lowest BCUT2D eigenvalue weighted by molar-refractivity contribution is -0.116. The molecule has 0 radical (unpaired) electrons. The van der Waals surface area contributed by atoms with Crippen LogP contribution in [0, 0.1) is 0 Å². The number of hydrogen-bond acceptors (Lipinski definition) is 2. The van der Waals surface area contributed by atoms with E-state index >= 15 is 0 Å². The van der Waals surface area contributed by atoms with Gasteiger partial charge in [-0.25, -0.2) is 0 Å². The summed E-state index contributed by atoms with van der Waals surface area (Å²) in [6.07, 6.45) is 0.381. The van der Waals surface area contributed by atoms with Gasteiger partial charge >= 0.3 is 0 Å². The summed E-state index contributed by atoms with van der Waals surface area (Å²) in [5.74, 6) is 0.647. The smallest absolute Gasteiger partial charge is 0.147 e. The SMILES string of the molecule is O=C(CSc1ccccc1)Cc1ccc(Br)cc1Cl. The molecule has 0 amide bonds. The van der Waals surface area contributed by atoms with Crippen molar-refractivity contribution in [2.45, 2.75) is 11.3 Å². The quantitative estimate of drug-likeness (QED) is 0.702. The Bertz CT molecular complexity index is 572. The molecule has 2 rings (SSSR count). The first-order chi connectivity index (χ1) is 9.15. The molecule has 0 atom stereocenters. The van der Waals surface area contributed by atoms with E-state index in [0.29, 0.717) is 17.2 Å². The molecule has 0 spiro atoms. The molecule has 0 aliphatic carbocycles. The van der Waals surface area contributed by atoms with Crippen LogP contribution < -0.4 is 0 Å². The molecule has 2 aromatic carbocycles. The average molecular weight is 356 g/mol. The van der Waals surface area contributed by atoms with Crippen molar-refractivity contribution in [3.05, 3.63) is 63.6 Å². The standard InChI is InChI=1S/C15H12BrClOS/c16-12-7-6-11(15(17)9-12)8-13(18)10-19-14-4-2-1-3-5-14/h1-7,9H,8,10H2. The zero-order chi connectivity index (χ0) is 13.7. The highest BCUT2D eigenvalue weighted by atomic mass is 79.9. The number of thioether (sulfide) groups is 1. The molecule has 0 heterocycles. The molecule has 98 valence electrons. The van der Waals surface area contributed by atoms with Crippen molar-refractivity contribution in [3.8, 4) is 0 Å². The molecular weight excluding hydrogens is 344 g/mol. The van der Waals surface area contributed by atoms with Crippen molar-refractivity contribution < 1.29 is 4.79 Å². The minimum absolute atomic E-state index is 0.179. The van der Waals surface area contributed by atoms with Crippen molar-refractivity contribution in [1.82, 2.24) is 0 Å². The van der Waals surface area contributed by atoms with Gasteiger partial charge in [-0.1, -0.05) is 51.8 Å². The number of carbonyl (C=O) groups excluding carboxylic acids is 1. The number of benzene rings is 2. The minimum Gasteiger partial charge on any atom is -0.298 e. The van der Waals surface area contributed by atoms with Gasteiger partial charge in [-0.3, -0.25) is 4.79 Å². The molecule has 0 bridgehead atoms. The van der Waals surface area contributed by atoms with Crippen LogP contribution in [0.3, 0.4) is 0 Å². The monoisotopic (exact) mass is 354 g/mol. The number of halogens is 2. The molecule has 1 nitrogen and oxygen atoms in total. The molecule has 0 saturated heterocycles. The molecule has 0 saturated carbocycles. The zero-order valence-electron chi connectivity index (χ0n) is 10.1. The predicted octanol–water partition coefficient (Wildman–Crippen LogP) is 5.01. The third-order valence-corrected chi connectivity index (χ3v) is 4.46. The maximum Gasteiger partial charge on any atom is 0.147 e. The zero-order valence-corrected chi connectivity index (χ0v) is 13.3. The molecule has 0 aliphatic heterocycles. The van der Waals surface area contributed by atoms with Gasteiger partial charge in [0.2, 0.25) is 0 Å². The van der Waals surface area contributed by atoms with Crippen molar-refractivity contribution in [2.24, 2.45) is 0 Å². The summed E-state index contributed by atoms with van der Waals surface area (Å²) in [6, 6.07) is 15.5. The van der Waals surface area contributed by atoms with Gasteiger partial charge in [0.1, 0.15) is 5.78 Å². The molecule has 4 heteroatoms. The lowest BCUT2D eigenvalue weighted by Crippen LogP contribution is -2.06. The first-order valence-corrected chi connectivity index (χ1v) is 7.94. The third kappa shape index (κ3) is 4.68. The summed E-state index contributed by atoms with van der Waals surface area (Å²) in [5.41, 5.74) is 0.878. The van der Waals surface area contributed by atoms with Crippen LogP contribution >= 0.6 is 39.3 Å². The number of carbonyl (C=O) groups is 1. The third-order valence-electron chi connectivity index (χ3n) is 2.55. The fourth-order valence-corrected chi connectivity index (χ4v) is 3.13. The lowest BCUT2D eigenvalue weighted by atomic mass is 10.1. The highest BCUT2D eigenvalue weighted by molar-refractivity contribution is 9.10. The second-order valence-corrected chi connectivity index (χ2v) is 6.42. The topological polar surface area (TPSA) is 17.1 Å². The molecular formula is C15H12BrClOS. The van der Waals surface area contributed by atoms with Gasteiger partial charge in [0.25, 0.3) is 0 Å². The second kappa shape index (κ2) is 7.13. The summed E-state index contributed by atoms with van der Waals surface area (Å²) in [6.45, 7) is 0. The molecule has 0 aliphatic rings. The molecule has 2 aromatic rings. The van der Waals surface area contributed by atoms with Crippen LogP contribution in [-0.2, 0) is 11.2 Å². The highest BCUT2D eigenvalue weighted by Gasteiger charge is 2.08. The first kappa shape index (κ1) is 14.6. The normalized spacial score (nSPS) is 10.4. The van der Waals surface area contributed by atoms with E-state index in [1.807, 2.05) is 48.5 Å². The number of Topliss-reactive ketones (excluding diaryl/α,β-unsaturated/α-hetero) is 1. The second-order valence-electron chi connectivity index (χ2n) is 4.05. The van der Waals surface area contributed by atoms with E-state index < -0.39 is 0 Å². The Kier molecular flexibility index (Phi) is 5.49. The molecule has 0 unspecified atom stereocenters. The van der Waals surface area contributed by atoms with Gasteiger partial charge in [0.05, 0.1) is 5.75 Å². The van der Waals surface area contributed by atoms with Crippen molar-refractivity contribution in [1.29, 1.82) is 0 Å². The Balaban J connectivity index is 1.91.